The summed E-state index contributed by atoms with van der Waals surface area (Å²) in [5, 5.41) is 11.1. The normalized spacial score (nSPS) is 10.6. The number of benzene rings is 1. The van der Waals surface area contributed by atoms with E-state index in [2.05, 4.69) is 5.32 Å². The van der Waals surface area contributed by atoms with Crippen LogP contribution in [0.1, 0.15) is 11.1 Å². The van der Waals surface area contributed by atoms with Crippen LogP contribution in [0.4, 0.5) is 4.39 Å². The van der Waals surface area contributed by atoms with E-state index in [0.717, 1.165) is 6.08 Å². The lowest BCUT2D eigenvalue weighted by molar-refractivity contribution is -0.131. The Kier molecular flexibility index (Phi) is 6.08. The van der Waals surface area contributed by atoms with Crippen molar-refractivity contribution in [2.75, 3.05) is 12.0 Å². The first-order chi connectivity index (χ1) is 9.02. The van der Waals surface area contributed by atoms with E-state index in [4.69, 9.17) is 5.11 Å². The third kappa shape index (κ3) is 5.56. The summed E-state index contributed by atoms with van der Waals surface area (Å²) in [5.41, 5.74) is 0.889. The lowest BCUT2D eigenvalue weighted by atomic mass is 10.1. The first-order valence-corrected chi connectivity index (χ1v) is 6.87. The molecule has 0 saturated carbocycles. The molecule has 0 aromatic heterocycles. The Hall–Kier alpha value is -1.82. The first kappa shape index (κ1) is 15.2. The fourth-order valence-corrected chi connectivity index (χ4v) is 1.74. The second kappa shape index (κ2) is 7.58. The van der Waals surface area contributed by atoms with E-state index in [-0.39, 0.29) is 12.5 Å². The number of halogens is 1. The van der Waals surface area contributed by atoms with Crippen LogP contribution in [-0.2, 0) is 16.1 Å². The van der Waals surface area contributed by atoms with Gasteiger partial charge in [-0.1, -0.05) is 6.07 Å². The lowest BCUT2D eigenvalue weighted by Crippen LogP contribution is -2.24. The number of amides is 1. The molecule has 1 amide bonds. The molecule has 0 unspecified atom stereocenters. The highest BCUT2D eigenvalue weighted by Gasteiger charge is 2.05. The van der Waals surface area contributed by atoms with Crippen molar-refractivity contribution in [3.63, 3.8) is 0 Å². The zero-order chi connectivity index (χ0) is 14.3. The minimum atomic E-state index is -1.07. The predicted molar refractivity (Wildman–Crippen MR) is 73.3 cm³/mol. The highest BCUT2D eigenvalue weighted by molar-refractivity contribution is 7.99. The van der Waals surface area contributed by atoms with Crippen molar-refractivity contribution in [3.8, 4) is 0 Å². The maximum Gasteiger partial charge on any atom is 0.328 e. The summed E-state index contributed by atoms with van der Waals surface area (Å²) in [6, 6.07) is 4.23. The Morgan fingerprint density at radius 1 is 1.47 bits per heavy atom. The van der Waals surface area contributed by atoms with Crippen LogP contribution in [0.2, 0.25) is 0 Å². The molecule has 0 aliphatic rings. The number of nitrogens with one attached hydrogen (secondary N) is 1. The SMILES string of the molecule is CSCC(=O)NCc1cc(C=CC(=O)O)ccc1F. The smallest absolute Gasteiger partial charge is 0.328 e. The van der Waals surface area contributed by atoms with E-state index >= 15 is 0 Å². The fourth-order valence-electron chi connectivity index (χ4n) is 1.38. The second-order valence-electron chi connectivity index (χ2n) is 3.73. The molecule has 0 spiro atoms. The van der Waals surface area contributed by atoms with Gasteiger partial charge in [0.2, 0.25) is 5.91 Å². The molecule has 19 heavy (non-hydrogen) atoms. The van der Waals surface area contributed by atoms with Gasteiger partial charge in [0.25, 0.3) is 0 Å². The van der Waals surface area contributed by atoms with Crippen LogP contribution >= 0.6 is 11.8 Å². The highest BCUT2D eigenvalue weighted by Crippen LogP contribution is 2.12. The van der Waals surface area contributed by atoms with Gasteiger partial charge in [0.05, 0.1) is 5.75 Å². The van der Waals surface area contributed by atoms with Crippen molar-refractivity contribution < 1.29 is 19.1 Å². The Morgan fingerprint density at radius 2 is 2.21 bits per heavy atom. The molecule has 4 nitrogen and oxygen atoms in total. The van der Waals surface area contributed by atoms with E-state index in [0.29, 0.717) is 16.9 Å². The number of carbonyl (C=O) groups excluding carboxylic acids is 1. The quantitative estimate of drug-likeness (QED) is 0.783. The average molecular weight is 283 g/mol. The van der Waals surface area contributed by atoms with Gasteiger partial charge >= 0.3 is 5.97 Å². The molecular formula is C13H14FNO3S. The summed E-state index contributed by atoms with van der Waals surface area (Å²) in [5.74, 6) is -1.35. The number of rotatable bonds is 6. The molecule has 1 rings (SSSR count). The van der Waals surface area contributed by atoms with Crippen LogP contribution in [0.5, 0.6) is 0 Å². The van der Waals surface area contributed by atoms with Gasteiger partial charge in [-0.25, -0.2) is 9.18 Å². The van der Waals surface area contributed by atoms with Crippen LogP contribution in [0.3, 0.4) is 0 Å². The Morgan fingerprint density at radius 3 is 2.84 bits per heavy atom. The third-order valence-corrected chi connectivity index (χ3v) is 2.79. The van der Waals surface area contributed by atoms with Gasteiger partial charge in [0.1, 0.15) is 5.82 Å². The molecule has 102 valence electrons. The molecule has 2 N–H and O–H groups in total. The number of hydrogen-bond acceptors (Lipinski definition) is 3. The molecule has 1 aromatic carbocycles. The maximum atomic E-state index is 13.5. The fraction of sp³-hybridized carbons (Fsp3) is 0.231. The lowest BCUT2D eigenvalue weighted by Gasteiger charge is -2.06. The molecule has 0 saturated heterocycles. The van der Waals surface area contributed by atoms with Gasteiger partial charge in [-0.05, 0) is 30.0 Å². The van der Waals surface area contributed by atoms with Crippen molar-refractivity contribution in [1.82, 2.24) is 5.32 Å². The number of thioether (sulfide) groups is 1. The van der Waals surface area contributed by atoms with E-state index < -0.39 is 11.8 Å². The van der Waals surface area contributed by atoms with Gasteiger partial charge in [0, 0.05) is 18.2 Å². The Balaban J connectivity index is 2.74. The largest absolute Gasteiger partial charge is 0.478 e. The van der Waals surface area contributed by atoms with Crippen molar-refractivity contribution in [1.29, 1.82) is 0 Å². The van der Waals surface area contributed by atoms with Crippen LogP contribution in [0, 0.1) is 5.82 Å². The van der Waals surface area contributed by atoms with Crippen LogP contribution in [0.15, 0.2) is 24.3 Å². The van der Waals surface area contributed by atoms with Crippen LogP contribution in [0.25, 0.3) is 6.08 Å². The second-order valence-corrected chi connectivity index (χ2v) is 4.60. The number of carboxylic acid groups (broad SMARTS) is 1. The third-order valence-electron chi connectivity index (χ3n) is 2.24. The summed E-state index contributed by atoms with van der Waals surface area (Å²) in [4.78, 5) is 21.7. The molecular weight excluding hydrogens is 269 g/mol. The van der Waals surface area contributed by atoms with Crippen LogP contribution in [-0.4, -0.2) is 29.0 Å². The Bertz CT molecular complexity index is 503. The molecule has 0 atom stereocenters. The molecule has 0 fully saturated rings. The van der Waals surface area contributed by atoms with Gasteiger partial charge in [-0.2, -0.15) is 11.8 Å². The van der Waals surface area contributed by atoms with Crippen molar-refractivity contribution in [2.45, 2.75) is 6.54 Å². The topological polar surface area (TPSA) is 66.4 Å². The molecule has 6 heteroatoms. The number of hydrogen-bond donors (Lipinski definition) is 2. The summed E-state index contributed by atoms with van der Waals surface area (Å²) in [7, 11) is 0. The van der Waals surface area contributed by atoms with E-state index in [1.807, 2.05) is 0 Å². The monoisotopic (exact) mass is 283 g/mol. The molecule has 0 aliphatic carbocycles. The predicted octanol–water partition coefficient (Wildman–Crippen LogP) is 1.90. The van der Waals surface area contributed by atoms with Gasteiger partial charge < -0.3 is 10.4 Å². The summed E-state index contributed by atoms with van der Waals surface area (Å²) in [6.07, 6.45) is 4.15. The van der Waals surface area contributed by atoms with E-state index in [1.165, 1.54) is 36.0 Å². The van der Waals surface area contributed by atoms with Gasteiger partial charge in [-0.15, -0.1) is 0 Å². The van der Waals surface area contributed by atoms with Gasteiger partial charge in [-0.3, -0.25) is 4.79 Å². The highest BCUT2D eigenvalue weighted by atomic mass is 32.2. The van der Waals surface area contributed by atoms with Crippen molar-refractivity contribution in [3.05, 3.63) is 41.2 Å². The Labute approximate surface area is 114 Å². The minimum Gasteiger partial charge on any atom is -0.478 e. The molecule has 0 aliphatic heterocycles. The summed E-state index contributed by atoms with van der Waals surface area (Å²) < 4.78 is 13.5. The zero-order valence-electron chi connectivity index (χ0n) is 10.4. The van der Waals surface area contributed by atoms with Crippen molar-refractivity contribution in [2.24, 2.45) is 0 Å². The molecule has 0 radical (unpaired) electrons. The number of carboxylic acids is 1. The van der Waals surface area contributed by atoms with E-state index in [9.17, 15) is 14.0 Å². The molecule has 0 bridgehead atoms. The molecule has 1 aromatic rings. The first-order valence-electron chi connectivity index (χ1n) is 5.48. The van der Waals surface area contributed by atoms with Gasteiger partial charge in [0.15, 0.2) is 0 Å². The van der Waals surface area contributed by atoms with Crippen molar-refractivity contribution >= 4 is 29.7 Å². The molecule has 0 heterocycles. The number of aliphatic carboxylic acids is 1. The zero-order valence-corrected chi connectivity index (χ0v) is 11.2. The summed E-state index contributed by atoms with van der Waals surface area (Å²) in [6.45, 7) is 0.0833. The summed E-state index contributed by atoms with van der Waals surface area (Å²) >= 11 is 1.38. The number of carbonyl (C=O) groups is 2. The maximum absolute atomic E-state index is 13.5. The average Bonchev–Trinajstić information content (AvgIpc) is 2.36. The van der Waals surface area contributed by atoms with E-state index in [1.54, 1.807) is 6.26 Å². The van der Waals surface area contributed by atoms with Crippen LogP contribution < -0.4 is 5.32 Å². The minimum absolute atomic E-state index is 0.0833. The standard InChI is InChI=1S/C13H14FNO3S/c1-19-8-12(16)15-7-10-6-9(2-4-11(10)14)3-5-13(17)18/h2-6H,7-8H2,1H3,(H,15,16)(H,17,18).